The van der Waals surface area contributed by atoms with Crippen LogP contribution in [0.1, 0.15) is 16.1 Å². The van der Waals surface area contributed by atoms with Crippen molar-refractivity contribution >= 4 is 52.4 Å². The van der Waals surface area contributed by atoms with Crippen LogP contribution >= 0.6 is 46.4 Å². The fourth-order valence-electron chi connectivity index (χ4n) is 2.39. The second-order valence-corrected chi connectivity index (χ2v) is 7.02. The highest BCUT2D eigenvalue weighted by molar-refractivity contribution is 6.43. The highest BCUT2D eigenvalue weighted by Crippen LogP contribution is 2.35. The molecule has 0 saturated carbocycles. The van der Waals surface area contributed by atoms with E-state index < -0.39 is 5.97 Å². The molecule has 0 atom stereocenters. The summed E-state index contributed by atoms with van der Waals surface area (Å²) in [6.07, 6.45) is 0. The predicted molar refractivity (Wildman–Crippen MR) is 106 cm³/mol. The zero-order chi connectivity index (χ0) is 19.6. The number of rotatable bonds is 5. The van der Waals surface area contributed by atoms with Crippen molar-refractivity contribution in [2.75, 3.05) is 7.11 Å². The predicted octanol–water partition coefficient (Wildman–Crippen LogP) is 6.93. The van der Waals surface area contributed by atoms with Crippen LogP contribution in [0, 0.1) is 0 Å². The fourth-order valence-corrected chi connectivity index (χ4v) is 3.42. The van der Waals surface area contributed by atoms with Gasteiger partial charge < -0.3 is 13.9 Å². The van der Waals surface area contributed by atoms with Crippen LogP contribution in [-0.2, 0) is 11.3 Å². The number of esters is 1. The van der Waals surface area contributed by atoms with Gasteiger partial charge in [-0.15, -0.1) is 0 Å². The molecule has 2 aromatic carbocycles. The van der Waals surface area contributed by atoms with Gasteiger partial charge in [-0.25, -0.2) is 4.79 Å². The third-order valence-electron chi connectivity index (χ3n) is 3.66. The summed E-state index contributed by atoms with van der Waals surface area (Å²) in [6.45, 7) is -0.0711. The van der Waals surface area contributed by atoms with E-state index in [1.165, 1.54) is 19.2 Å². The summed E-state index contributed by atoms with van der Waals surface area (Å²) in [6, 6.07) is 11.5. The molecule has 0 N–H and O–H groups in total. The van der Waals surface area contributed by atoms with E-state index in [1.54, 1.807) is 30.3 Å². The molecule has 1 aromatic heterocycles. The smallest absolute Gasteiger partial charge is 0.338 e. The molecule has 1 heterocycles. The molecule has 8 heteroatoms. The molecule has 0 radical (unpaired) electrons. The molecule has 0 aliphatic rings. The van der Waals surface area contributed by atoms with Gasteiger partial charge in [-0.05, 0) is 36.4 Å². The second-order valence-electron chi connectivity index (χ2n) is 5.42. The van der Waals surface area contributed by atoms with Crippen molar-refractivity contribution in [2.45, 2.75) is 6.61 Å². The number of carbonyl (C=O) groups is 1. The van der Waals surface area contributed by atoms with Gasteiger partial charge >= 0.3 is 5.97 Å². The lowest BCUT2D eigenvalue weighted by Crippen LogP contribution is -2.05. The quantitative estimate of drug-likeness (QED) is 0.399. The number of halogens is 4. The summed E-state index contributed by atoms with van der Waals surface area (Å²) in [4.78, 5) is 12.2. The monoisotopic (exact) mass is 444 g/mol. The van der Waals surface area contributed by atoms with Crippen LogP contribution in [0.5, 0.6) is 5.75 Å². The second kappa shape index (κ2) is 8.44. The van der Waals surface area contributed by atoms with E-state index in [-0.39, 0.29) is 22.2 Å². The number of hydrogen-bond donors (Lipinski definition) is 0. The molecule has 0 amide bonds. The Labute approximate surface area is 175 Å². The third-order valence-corrected chi connectivity index (χ3v) is 5.04. The largest absolute Gasteiger partial charge is 0.494 e. The first-order valence-electron chi connectivity index (χ1n) is 7.64. The molecule has 4 nitrogen and oxygen atoms in total. The van der Waals surface area contributed by atoms with Crippen molar-refractivity contribution in [3.8, 4) is 17.1 Å². The van der Waals surface area contributed by atoms with Gasteiger partial charge in [0.25, 0.3) is 0 Å². The summed E-state index contributed by atoms with van der Waals surface area (Å²) < 4.78 is 16.0. The van der Waals surface area contributed by atoms with E-state index in [0.717, 1.165) is 0 Å². The average molecular weight is 446 g/mol. The van der Waals surface area contributed by atoms with Crippen molar-refractivity contribution in [3.05, 3.63) is 73.9 Å². The van der Waals surface area contributed by atoms with Crippen LogP contribution in [0.15, 0.2) is 46.9 Å². The molecule has 3 aromatic rings. The third kappa shape index (κ3) is 4.36. The maximum atomic E-state index is 12.2. The molecule has 0 spiro atoms. The topological polar surface area (TPSA) is 48.7 Å². The number of hydrogen-bond acceptors (Lipinski definition) is 4. The van der Waals surface area contributed by atoms with E-state index in [9.17, 15) is 4.79 Å². The van der Waals surface area contributed by atoms with Gasteiger partial charge in [-0.3, -0.25) is 0 Å². The van der Waals surface area contributed by atoms with Gasteiger partial charge in [0, 0.05) is 5.56 Å². The molecule has 0 aliphatic heterocycles. The van der Waals surface area contributed by atoms with E-state index in [4.69, 9.17) is 60.3 Å². The van der Waals surface area contributed by atoms with Crippen molar-refractivity contribution in [1.29, 1.82) is 0 Å². The summed E-state index contributed by atoms with van der Waals surface area (Å²) in [5.41, 5.74) is 0.853. The minimum absolute atomic E-state index is 0.0711. The maximum absolute atomic E-state index is 12.2. The molecule has 0 fully saturated rings. The zero-order valence-electron chi connectivity index (χ0n) is 13.9. The summed E-state index contributed by atoms with van der Waals surface area (Å²) in [7, 11) is 1.44. The van der Waals surface area contributed by atoms with Gasteiger partial charge in [0.1, 0.15) is 18.1 Å². The highest BCUT2D eigenvalue weighted by Gasteiger charge is 2.16. The number of furan rings is 1. The van der Waals surface area contributed by atoms with E-state index in [2.05, 4.69) is 0 Å². The molecule has 0 unspecified atom stereocenters. The first-order valence-corrected chi connectivity index (χ1v) is 9.15. The Kier molecular flexibility index (Phi) is 6.22. The van der Waals surface area contributed by atoms with Crippen LogP contribution < -0.4 is 4.74 Å². The SMILES string of the molecule is COc1c(Cl)cc(C(=O)OCc2ccc(-c3cccc(Cl)c3Cl)o2)cc1Cl. The van der Waals surface area contributed by atoms with Crippen LogP contribution in [-0.4, -0.2) is 13.1 Å². The van der Waals surface area contributed by atoms with E-state index >= 15 is 0 Å². The van der Waals surface area contributed by atoms with Crippen molar-refractivity contribution in [2.24, 2.45) is 0 Å². The Hall–Kier alpha value is -1.85. The Morgan fingerprint density at radius 2 is 1.70 bits per heavy atom. The summed E-state index contributed by atoms with van der Waals surface area (Å²) >= 11 is 24.3. The average Bonchev–Trinajstić information content (AvgIpc) is 3.10. The Bertz CT molecular complexity index is 974. The van der Waals surface area contributed by atoms with Crippen LogP contribution in [0.25, 0.3) is 11.3 Å². The first kappa shape index (κ1) is 19.9. The minimum atomic E-state index is -0.597. The van der Waals surface area contributed by atoms with Crippen molar-refractivity contribution < 1.29 is 18.7 Å². The van der Waals surface area contributed by atoms with Crippen LogP contribution in [0.3, 0.4) is 0 Å². The molecule has 3 rings (SSSR count). The molecule has 0 saturated heterocycles. The molecular formula is C19H12Cl4O4. The lowest BCUT2D eigenvalue weighted by atomic mass is 10.2. The molecule has 0 bridgehead atoms. The molecular weight excluding hydrogens is 434 g/mol. The van der Waals surface area contributed by atoms with Crippen molar-refractivity contribution in [1.82, 2.24) is 0 Å². The molecule has 27 heavy (non-hydrogen) atoms. The van der Waals surface area contributed by atoms with Gasteiger partial charge in [-0.1, -0.05) is 52.5 Å². The first-order chi connectivity index (χ1) is 12.9. The Balaban J connectivity index is 1.72. The maximum Gasteiger partial charge on any atom is 0.338 e. The minimum Gasteiger partial charge on any atom is -0.494 e. The summed E-state index contributed by atoms with van der Waals surface area (Å²) in [5, 5.41) is 1.24. The Morgan fingerprint density at radius 1 is 1.00 bits per heavy atom. The van der Waals surface area contributed by atoms with Crippen LogP contribution in [0.2, 0.25) is 20.1 Å². The fraction of sp³-hybridized carbons (Fsp3) is 0.105. The lowest BCUT2D eigenvalue weighted by molar-refractivity contribution is 0.0446. The normalized spacial score (nSPS) is 10.7. The molecule has 0 aliphatic carbocycles. The van der Waals surface area contributed by atoms with Crippen LogP contribution in [0.4, 0.5) is 0 Å². The zero-order valence-corrected chi connectivity index (χ0v) is 16.9. The van der Waals surface area contributed by atoms with Gasteiger partial charge in [-0.2, -0.15) is 0 Å². The highest BCUT2D eigenvalue weighted by atomic mass is 35.5. The Morgan fingerprint density at radius 3 is 2.37 bits per heavy atom. The lowest BCUT2D eigenvalue weighted by Gasteiger charge is -2.08. The van der Waals surface area contributed by atoms with Crippen molar-refractivity contribution in [3.63, 3.8) is 0 Å². The van der Waals surface area contributed by atoms with Gasteiger partial charge in [0.05, 0.1) is 32.8 Å². The van der Waals surface area contributed by atoms with Gasteiger partial charge in [0.2, 0.25) is 0 Å². The number of methoxy groups -OCH3 is 1. The number of carbonyl (C=O) groups excluding carboxylic acids is 1. The number of ether oxygens (including phenoxy) is 2. The summed E-state index contributed by atoms with van der Waals surface area (Å²) in [5.74, 6) is 0.660. The van der Waals surface area contributed by atoms with Gasteiger partial charge in [0.15, 0.2) is 5.75 Å². The standard InChI is InChI=1S/C19H12Cl4O4/c1-25-18-14(21)7-10(8-15(18)22)19(24)26-9-11-5-6-16(27-11)12-3-2-4-13(20)17(12)23/h2-8H,9H2,1H3. The van der Waals surface area contributed by atoms with E-state index in [1.807, 2.05) is 0 Å². The number of benzene rings is 2. The van der Waals surface area contributed by atoms with E-state index in [0.29, 0.717) is 32.9 Å². The molecule has 140 valence electrons.